The second-order valence-electron chi connectivity index (χ2n) is 16.7. The van der Waals surface area contributed by atoms with Crippen molar-refractivity contribution >= 4 is 10.0 Å². The summed E-state index contributed by atoms with van der Waals surface area (Å²) in [5, 5.41) is 22.7. The molecule has 0 aromatic heterocycles. The first-order chi connectivity index (χ1) is 23.3. The Hall–Kier alpha value is -2.13. The van der Waals surface area contributed by atoms with Gasteiger partial charge >= 0.3 is 0 Å². The Labute approximate surface area is 295 Å². The summed E-state index contributed by atoms with van der Waals surface area (Å²) in [6.45, 7) is 10.1. The van der Waals surface area contributed by atoms with E-state index < -0.39 is 10.0 Å². The fraction of sp³-hybridized carbons (Fsp3) is 0.707. The number of fused-ring (bicyclic) bond motifs is 5. The van der Waals surface area contributed by atoms with E-state index in [1.165, 1.54) is 0 Å². The lowest BCUT2D eigenvalue weighted by Crippen LogP contribution is -2.62. The summed E-state index contributed by atoms with van der Waals surface area (Å²) >= 11 is 0. The van der Waals surface area contributed by atoms with Crippen molar-refractivity contribution in [3.63, 3.8) is 0 Å². The van der Waals surface area contributed by atoms with Crippen molar-refractivity contribution in [3.8, 4) is 11.5 Å². The van der Waals surface area contributed by atoms with Crippen molar-refractivity contribution < 1.29 is 28.1 Å². The fourth-order valence-corrected chi connectivity index (χ4v) is 13.3. The van der Waals surface area contributed by atoms with Gasteiger partial charge in [-0.25, -0.2) is 8.42 Å². The Morgan fingerprint density at radius 3 is 1.92 bits per heavy atom. The molecule has 3 unspecified atom stereocenters. The average Bonchev–Trinajstić information content (AvgIpc) is 3.45. The molecule has 2 aromatic rings. The summed E-state index contributed by atoms with van der Waals surface area (Å²) in [5.74, 6) is 4.21. The first kappa shape index (κ1) is 36.7. The fourth-order valence-electron chi connectivity index (χ4n) is 11.7. The van der Waals surface area contributed by atoms with Crippen LogP contribution in [-0.4, -0.2) is 55.1 Å². The molecule has 8 heteroatoms. The topological polar surface area (TPSA) is 96.3 Å². The highest BCUT2D eigenvalue weighted by Crippen LogP contribution is 2.69. The van der Waals surface area contributed by atoms with Crippen molar-refractivity contribution in [1.82, 2.24) is 4.31 Å². The molecule has 0 spiro atoms. The minimum Gasteiger partial charge on any atom is -0.497 e. The second-order valence-corrected chi connectivity index (χ2v) is 18.8. The molecule has 272 valence electrons. The molecule has 0 bridgehead atoms. The van der Waals surface area contributed by atoms with Crippen LogP contribution >= 0.6 is 0 Å². The first-order valence-electron chi connectivity index (χ1n) is 18.9. The van der Waals surface area contributed by atoms with Gasteiger partial charge in [0, 0.05) is 13.1 Å². The summed E-state index contributed by atoms with van der Waals surface area (Å²) in [5.41, 5.74) is 2.13. The molecule has 49 heavy (non-hydrogen) atoms. The normalized spacial score (nSPS) is 36.4. The Kier molecular flexibility index (Phi) is 10.8. The highest BCUT2D eigenvalue weighted by atomic mass is 32.2. The van der Waals surface area contributed by atoms with Crippen molar-refractivity contribution in [1.29, 1.82) is 0 Å². The SMILES string of the molecule is CC[C@@H]1C2C[C@H](O)CC[C@@]2(C)[C@H]2CCC3(C)[C@@H]([C@H](C)CCS(=O)(=O)N(Cc4ccc(OC)cc4)Cc4ccc(OC)cc4)CC[C@H]3C2[C@@H]1O. The molecule has 4 aliphatic carbocycles. The maximum absolute atomic E-state index is 14.2. The van der Waals surface area contributed by atoms with Gasteiger partial charge in [0.25, 0.3) is 0 Å². The second kappa shape index (κ2) is 14.5. The number of hydrogen-bond donors (Lipinski definition) is 2. The third-order valence-corrected chi connectivity index (χ3v) is 16.2. The third-order valence-electron chi connectivity index (χ3n) is 14.4. The lowest BCUT2D eigenvalue weighted by atomic mass is 9.41. The smallest absolute Gasteiger partial charge is 0.214 e. The van der Waals surface area contributed by atoms with Gasteiger partial charge in [0.15, 0.2) is 0 Å². The number of sulfonamides is 1. The molecule has 4 aliphatic rings. The molecule has 0 aliphatic heterocycles. The molecule has 0 heterocycles. The van der Waals surface area contributed by atoms with Gasteiger partial charge in [-0.05, 0) is 139 Å². The van der Waals surface area contributed by atoms with Gasteiger partial charge in [0.1, 0.15) is 11.5 Å². The maximum atomic E-state index is 14.2. The number of hydrogen-bond acceptors (Lipinski definition) is 6. The van der Waals surface area contributed by atoms with Gasteiger partial charge in [-0.1, -0.05) is 58.4 Å². The van der Waals surface area contributed by atoms with Crippen molar-refractivity contribution in [2.24, 2.45) is 52.3 Å². The zero-order valence-corrected chi connectivity index (χ0v) is 31.5. The number of aliphatic hydroxyl groups is 2. The van der Waals surface area contributed by atoms with Crippen LogP contribution in [0.1, 0.15) is 96.6 Å². The van der Waals surface area contributed by atoms with Gasteiger partial charge in [-0.2, -0.15) is 4.31 Å². The van der Waals surface area contributed by atoms with Crippen LogP contribution in [-0.2, 0) is 23.1 Å². The summed E-state index contributed by atoms with van der Waals surface area (Å²) in [4.78, 5) is 0. The van der Waals surface area contributed by atoms with E-state index >= 15 is 0 Å². The molecular weight excluding hydrogens is 635 g/mol. The predicted octanol–water partition coefficient (Wildman–Crippen LogP) is 7.69. The molecule has 11 atom stereocenters. The summed E-state index contributed by atoms with van der Waals surface area (Å²) in [6.07, 6.45) is 8.32. The van der Waals surface area contributed by atoms with Crippen LogP contribution in [0.4, 0.5) is 0 Å². The Morgan fingerprint density at radius 2 is 1.37 bits per heavy atom. The number of rotatable bonds is 12. The van der Waals surface area contributed by atoms with E-state index in [2.05, 4.69) is 27.7 Å². The molecule has 4 saturated carbocycles. The summed E-state index contributed by atoms with van der Waals surface area (Å²) < 4.78 is 40.7. The van der Waals surface area contributed by atoms with E-state index in [1.54, 1.807) is 18.5 Å². The highest BCUT2D eigenvalue weighted by molar-refractivity contribution is 7.89. The zero-order chi connectivity index (χ0) is 35.1. The lowest BCUT2D eigenvalue weighted by Gasteiger charge is -2.64. The van der Waals surface area contributed by atoms with Crippen molar-refractivity contribution in [3.05, 3.63) is 59.7 Å². The highest BCUT2D eigenvalue weighted by Gasteiger charge is 2.64. The van der Waals surface area contributed by atoms with Gasteiger partial charge < -0.3 is 19.7 Å². The molecular formula is C41H61NO6S. The number of ether oxygens (including phenoxy) is 2. The quantitative estimate of drug-likeness (QED) is 0.237. The molecule has 0 radical (unpaired) electrons. The van der Waals surface area contributed by atoms with E-state index in [4.69, 9.17) is 9.47 Å². The average molecular weight is 696 g/mol. The van der Waals surface area contributed by atoms with E-state index in [9.17, 15) is 18.6 Å². The Morgan fingerprint density at radius 1 is 0.816 bits per heavy atom. The minimum atomic E-state index is -3.58. The molecule has 0 saturated heterocycles. The largest absolute Gasteiger partial charge is 0.497 e. The summed E-state index contributed by atoms with van der Waals surface area (Å²) in [6, 6.07) is 15.3. The minimum absolute atomic E-state index is 0.104. The molecule has 2 N–H and O–H groups in total. The monoisotopic (exact) mass is 695 g/mol. The van der Waals surface area contributed by atoms with Crippen LogP contribution in [0.5, 0.6) is 11.5 Å². The number of benzene rings is 2. The lowest BCUT2D eigenvalue weighted by molar-refractivity contribution is -0.203. The number of aliphatic hydroxyl groups excluding tert-OH is 2. The maximum Gasteiger partial charge on any atom is 0.214 e. The van der Waals surface area contributed by atoms with Crippen LogP contribution in [0.15, 0.2) is 48.5 Å². The van der Waals surface area contributed by atoms with Gasteiger partial charge in [0.2, 0.25) is 10.0 Å². The van der Waals surface area contributed by atoms with Crippen LogP contribution in [0, 0.1) is 52.3 Å². The first-order valence-corrected chi connectivity index (χ1v) is 20.5. The van der Waals surface area contributed by atoms with Crippen LogP contribution in [0.2, 0.25) is 0 Å². The van der Waals surface area contributed by atoms with Crippen molar-refractivity contribution in [2.45, 2.75) is 111 Å². The summed E-state index contributed by atoms with van der Waals surface area (Å²) in [7, 11) is -0.314. The number of nitrogens with zero attached hydrogens (tertiary/aromatic N) is 1. The Bertz CT molecular complexity index is 1460. The standard InChI is InChI=1S/C41H61NO6S/c1-7-33-37-24-30(43)18-21-41(37,4)36-19-22-40(3)34(16-17-35(40)38(36)39(33)44)27(2)20-23-49(45,46)42(25-28-8-12-31(47-5)13-9-28)26-29-10-14-32(48-6)15-11-29/h8-15,27,30,33-39,43-44H,7,16-26H2,1-6H3/t27-,30-,33-,34-,35+,36+,37?,38?,39-,40?,41+/m1/s1. The van der Waals surface area contributed by atoms with E-state index in [-0.39, 0.29) is 40.6 Å². The van der Waals surface area contributed by atoms with Crippen LogP contribution < -0.4 is 9.47 Å². The van der Waals surface area contributed by atoms with E-state index in [0.29, 0.717) is 49.1 Å². The third kappa shape index (κ3) is 6.93. The molecule has 6 rings (SSSR count). The zero-order valence-electron chi connectivity index (χ0n) is 30.7. The Balaban J connectivity index is 1.18. The predicted molar refractivity (Wildman–Crippen MR) is 195 cm³/mol. The van der Waals surface area contributed by atoms with Crippen LogP contribution in [0.3, 0.4) is 0 Å². The van der Waals surface area contributed by atoms with E-state index in [1.807, 2.05) is 48.5 Å². The van der Waals surface area contributed by atoms with Gasteiger partial charge in [-0.15, -0.1) is 0 Å². The van der Waals surface area contributed by atoms with Crippen molar-refractivity contribution in [2.75, 3.05) is 20.0 Å². The van der Waals surface area contributed by atoms with Crippen LogP contribution in [0.25, 0.3) is 0 Å². The molecule has 2 aromatic carbocycles. The van der Waals surface area contributed by atoms with Gasteiger partial charge in [-0.3, -0.25) is 0 Å². The molecule has 0 amide bonds. The van der Waals surface area contributed by atoms with E-state index in [0.717, 1.165) is 74.0 Å². The molecule has 4 fully saturated rings. The van der Waals surface area contributed by atoms with Gasteiger partial charge in [0.05, 0.1) is 32.2 Å². The molecule has 7 nitrogen and oxygen atoms in total. The number of methoxy groups -OCH3 is 2.